The van der Waals surface area contributed by atoms with Crippen LogP contribution in [0.1, 0.15) is 18.4 Å². The Hall–Kier alpha value is -3.08. The van der Waals surface area contributed by atoms with Crippen LogP contribution in [0.2, 0.25) is 0 Å². The first-order chi connectivity index (χ1) is 12.2. The van der Waals surface area contributed by atoms with E-state index in [0.29, 0.717) is 24.6 Å². The summed E-state index contributed by atoms with van der Waals surface area (Å²) in [5.41, 5.74) is 2.53. The minimum atomic E-state index is -0.0828. The van der Waals surface area contributed by atoms with E-state index < -0.39 is 0 Å². The van der Waals surface area contributed by atoms with Crippen molar-refractivity contribution in [2.24, 2.45) is 0 Å². The Kier molecular flexibility index (Phi) is 5.14. The molecule has 5 heteroatoms. The Morgan fingerprint density at radius 3 is 2.64 bits per heavy atom. The summed E-state index contributed by atoms with van der Waals surface area (Å²) in [5.74, 6) is 1.14. The summed E-state index contributed by atoms with van der Waals surface area (Å²) in [6.45, 7) is 3.11. The van der Waals surface area contributed by atoms with Gasteiger partial charge in [-0.15, -0.1) is 0 Å². The number of aromatic nitrogens is 1. The number of carbonyl (C=O) groups excluding carboxylic acids is 1. The average molecular weight is 336 g/mol. The first-order valence-electron chi connectivity index (χ1n) is 8.15. The molecule has 0 aliphatic carbocycles. The molecule has 0 N–H and O–H groups in total. The molecule has 0 spiro atoms. The number of carbonyl (C=O) groups is 1. The molecule has 1 amide bonds. The molecule has 0 unspecified atom stereocenters. The van der Waals surface area contributed by atoms with E-state index in [4.69, 9.17) is 9.15 Å². The van der Waals surface area contributed by atoms with Crippen molar-refractivity contribution in [3.05, 3.63) is 66.1 Å². The van der Waals surface area contributed by atoms with Crippen molar-refractivity contribution >= 4 is 23.1 Å². The molecule has 3 rings (SSSR count). The van der Waals surface area contributed by atoms with Crippen molar-refractivity contribution in [3.63, 3.8) is 0 Å². The van der Waals surface area contributed by atoms with Gasteiger partial charge < -0.3 is 14.1 Å². The van der Waals surface area contributed by atoms with E-state index in [1.807, 2.05) is 55.5 Å². The molecule has 0 fully saturated rings. The number of ether oxygens (including phenoxy) is 1. The van der Waals surface area contributed by atoms with Gasteiger partial charge in [0.1, 0.15) is 11.3 Å². The van der Waals surface area contributed by atoms with Crippen LogP contribution < -0.4 is 4.74 Å². The van der Waals surface area contributed by atoms with Crippen molar-refractivity contribution in [1.82, 2.24) is 9.88 Å². The Balaban J connectivity index is 1.68. The predicted molar refractivity (Wildman–Crippen MR) is 97.1 cm³/mol. The third kappa shape index (κ3) is 4.07. The molecule has 1 aromatic heterocycles. The Labute approximate surface area is 146 Å². The van der Waals surface area contributed by atoms with Crippen molar-refractivity contribution in [1.29, 1.82) is 0 Å². The summed E-state index contributed by atoms with van der Waals surface area (Å²) < 4.78 is 10.7. The highest BCUT2D eigenvalue weighted by Gasteiger charge is 2.10. The molecule has 0 aliphatic heterocycles. The highest BCUT2D eigenvalue weighted by molar-refractivity contribution is 5.91. The maximum absolute atomic E-state index is 12.4. The van der Waals surface area contributed by atoms with Crippen molar-refractivity contribution in [3.8, 4) is 5.75 Å². The number of rotatable bonds is 6. The Bertz CT molecular complexity index is 848. The van der Waals surface area contributed by atoms with Gasteiger partial charge in [-0.2, -0.15) is 0 Å². The Morgan fingerprint density at radius 1 is 1.20 bits per heavy atom. The standard InChI is InChI=1S/C20H20N2O3/c1-3-22(14-15-8-10-16(24-2)11-9-15)20(23)13-12-19-21-17-6-4-5-7-18(17)25-19/h4-13H,3,14H2,1-2H3/b13-12+. The van der Waals surface area contributed by atoms with E-state index in [1.54, 1.807) is 18.1 Å². The zero-order valence-electron chi connectivity index (χ0n) is 14.3. The quantitative estimate of drug-likeness (QED) is 0.641. The molecule has 0 atom stereocenters. The van der Waals surface area contributed by atoms with E-state index in [9.17, 15) is 4.79 Å². The largest absolute Gasteiger partial charge is 0.497 e. The number of fused-ring (bicyclic) bond motifs is 1. The topological polar surface area (TPSA) is 55.6 Å². The van der Waals surface area contributed by atoms with E-state index in [-0.39, 0.29) is 5.91 Å². The van der Waals surface area contributed by atoms with Gasteiger partial charge in [-0.3, -0.25) is 4.79 Å². The summed E-state index contributed by atoms with van der Waals surface area (Å²) in [4.78, 5) is 18.5. The zero-order chi connectivity index (χ0) is 17.6. The maximum Gasteiger partial charge on any atom is 0.247 e. The maximum atomic E-state index is 12.4. The van der Waals surface area contributed by atoms with Crippen LogP contribution in [0.3, 0.4) is 0 Å². The number of oxazole rings is 1. The highest BCUT2D eigenvalue weighted by atomic mass is 16.5. The van der Waals surface area contributed by atoms with Crippen molar-refractivity contribution in [2.75, 3.05) is 13.7 Å². The summed E-state index contributed by atoms with van der Waals surface area (Å²) in [7, 11) is 1.63. The number of likely N-dealkylation sites (N-methyl/N-ethyl adjacent to an activating group) is 1. The van der Waals surface area contributed by atoms with Crippen LogP contribution >= 0.6 is 0 Å². The van der Waals surface area contributed by atoms with Crippen LogP contribution in [-0.4, -0.2) is 29.4 Å². The predicted octanol–water partition coefficient (Wildman–Crippen LogP) is 3.90. The van der Waals surface area contributed by atoms with Crippen molar-refractivity contribution < 1.29 is 13.9 Å². The van der Waals surface area contributed by atoms with Crippen LogP contribution in [0, 0.1) is 0 Å². The van der Waals surface area contributed by atoms with Gasteiger partial charge in [0, 0.05) is 25.2 Å². The fourth-order valence-electron chi connectivity index (χ4n) is 2.51. The normalized spacial score (nSPS) is 11.1. The lowest BCUT2D eigenvalue weighted by Gasteiger charge is -2.19. The molecule has 3 aromatic rings. The van der Waals surface area contributed by atoms with E-state index in [2.05, 4.69) is 4.98 Å². The van der Waals surface area contributed by atoms with Gasteiger partial charge in [-0.1, -0.05) is 24.3 Å². The molecule has 0 aliphatic rings. The van der Waals surface area contributed by atoms with E-state index in [1.165, 1.54) is 6.08 Å². The summed E-state index contributed by atoms with van der Waals surface area (Å²) in [6, 6.07) is 15.2. The second kappa shape index (κ2) is 7.66. The van der Waals surface area contributed by atoms with Gasteiger partial charge >= 0.3 is 0 Å². The van der Waals surface area contributed by atoms with E-state index in [0.717, 1.165) is 16.8 Å². The van der Waals surface area contributed by atoms with Gasteiger partial charge in [0.2, 0.25) is 11.8 Å². The monoisotopic (exact) mass is 336 g/mol. The van der Waals surface area contributed by atoms with Gasteiger partial charge in [0.05, 0.1) is 7.11 Å². The number of methoxy groups -OCH3 is 1. The highest BCUT2D eigenvalue weighted by Crippen LogP contribution is 2.16. The van der Waals surface area contributed by atoms with E-state index >= 15 is 0 Å². The molecular formula is C20H20N2O3. The minimum absolute atomic E-state index is 0.0828. The molecule has 0 bridgehead atoms. The second-order valence-corrected chi connectivity index (χ2v) is 5.55. The lowest BCUT2D eigenvalue weighted by molar-refractivity contribution is -0.126. The molecule has 2 aromatic carbocycles. The minimum Gasteiger partial charge on any atom is -0.497 e. The van der Waals surface area contributed by atoms with Gasteiger partial charge in [0.15, 0.2) is 5.58 Å². The van der Waals surface area contributed by atoms with Gasteiger partial charge in [-0.25, -0.2) is 4.98 Å². The van der Waals surface area contributed by atoms with Gasteiger partial charge in [0.25, 0.3) is 0 Å². The number of para-hydroxylation sites is 2. The molecule has 128 valence electrons. The third-order valence-corrected chi connectivity index (χ3v) is 3.90. The van der Waals surface area contributed by atoms with Crippen molar-refractivity contribution in [2.45, 2.75) is 13.5 Å². The van der Waals surface area contributed by atoms with Crippen LogP contribution in [0.25, 0.3) is 17.2 Å². The van der Waals surface area contributed by atoms with Crippen LogP contribution in [0.5, 0.6) is 5.75 Å². The summed E-state index contributed by atoms with van der Waals surface area (Å²) in [5, 5.41) is 0. The number of amides is 1. The average Bonchev–Trinajstić information content (AvgIpc) is 3.07. The zero-order valence-corrected chi connectivity index (χ0v) is 14.3. The molecule has 0 radical (unpaired) electrons. The third-order valence-electron chi connectivity index (χ3n) is 3.90. The summed E-state index contributed by atoms with van der Waals surface area (Å²) >= 11 is 0. The van der Waals surface area contributed by atoms with Gasteiger partial charge in [-0.05, 0) is 36.8 Å². The number of benzene rings is 2. The smallest absolute Gasteiger partial charge is 0.247 e. The Morgan fingerprint density at radius 2 is 1.96 bits per heavy atom. The summed E-state index contributed by atoms with van der Waals surface area (Å²) in [6.07, 6.45) is 3.11. The van der Waals surface area contributed by atoms with Crippen LogP contribution in [0.4, 0.5) is 0 Å². The molecule has 0 saturated heterocycles. The number of hydrogen-bond donors (Lipinski definition) is 0. The SMILES string of the molecule is CCN(Cc1ccc(OC)cc1)C(=O)/C=C/c1nc2ccccc2o1. The number of nitrogens with zero attached hydrogens (tertiary/aromatic N) is 2. The molecule has 5 nitrogen and oxygen atoms in total. The fraction of sp³-hybridized carbons (Fsp3) is 0.200. The first-order valence-corrected chi connectivity index (χ1v) is 8.15. The molecule has 0 saturated carbocycles. The van der Waals surface area contributed by atoms with Crippen LogP contribution in [0.15, 0.2) is 59.0 Å². The molecule has 1 heterocycles. The second-order valence-electron chi connectivity index (χ2n) is 5.55. The fourth-order valence-corrected chi connectivity index (χ4v) is 2.51. The lowest BCUT2D eigenvalue weighted by Crippen LogP contribution is -2.28. The molecule has 25 heavy (non-hydrogen) atoms. The first kappa shape index (κ1) is 16.8. The number of hydrogen-bond acceptors (Lipinski definition) is 4. The van der Waals surface area contributed by atoms with Crippen LogP contribution in [-0.2, 0) is 11.3 Å². The molecular weight excluding hydrogens is 316 g/mol. The lowest BCUT2D eigenvalue weighted by atomic mass is 10.2.